The highest BCUT2D eigenvalue weighted by molar-refractivity contribution is 6.74. The van der Waals surface area contributed by atoms with Crippen LogP contribution < -0.4 is 14.5 Å². The van der Waals surface area contributed by atoms with Gasteiger partial charge in [-0.3, -0.25) is 4.79 Å². The van der Waals surface area contributed by atoms with Gasteiger partial charge in [-0.2, -0.15) is 0 Å². The third-order valence-corrected chi connectivity index (χ3v) is 12.6. The predicted octanol–water partition coefficient (Wildman–Crippen LogP) is 3.08. The van der Waals surface area contributed by atoms with Crippen LogP contribution in [-0.2, 0) is 16.6 Å². The molecular weight excluding hydrogens is 370 g/mol. The second-order valence-corrected chi connectivity index (χ2v) is 15.3. The first-order valence-corrected chi connectivity index (χ1v) is 13.4. The average molecular weight is 402 g/mol. The van der Waals surface area contributed by atoms with Gasteiger partial charge in [0, 0.05) is 18.0 Å². The molecule has 1 saturated carbocycles. The molecule has 1 aromatic carbocycles. The lowest BCUT2D eigenvalue weighted by molar-refractivity contribution is -0.166. The van der Waals surface area contributed by atoms with Crippen LogP contribution in [0.1, 0.15) is 51.2 Å². The van der Waals surface area contributed by atoms with Crippen LogP contribution in [0.3, 0.4) is 0 Å². The predicted molar refractivity (Wildman–Crippen MR) is 110 cm³/mol. The molecule has 2 fully saturated rings. The van der Waals surface area contributed by atoms with Crippen LogP contribution in [0, 0.1) is 0 Å². The van der Waals surface area contributed by atoms with E-state index in [1.807, 2.05) is 6.07 Å². The lowest BCUT2D eigenvalue weighted by atomic mass is 9.49. The van der Waals surface area contributed by atoms with Crippen molar-refractivity contribution in [2.75, 3.05) is 6.54 Å². The zero-order chi connectivity index (χ0) is 20.1. The van der Waals surface area contributed by atoms with Crippen molar-refractivity contribution in [1.82, 2.24) is 5.32 Å². The van der Waals surface area contributed by atoms with E-state index in [1.54, 1.807) is 0 Å². The minimum Gasteiger partial charge on any atom is -0.541 e. The molecule has 6 heteroatoms. The van der Waals surface area contributed by atoms with Gasteiger partial charge in [-0.25, -0.2) is 0 Å². The van der Waals surface area contributed by atoms with Crippen LogP contribution in [0.5, 0.6) is 11.5 Å². The van der Waals surface area contributed by atoms with E-state index in [0.29, 0.717) is 12.8 Å². The first-order chi connectivity index (χ1) is 13.0. The highest BCUT2D eigenvalue weighted by Gasteiger charge is 2.72. The molecule has 1 aromatic rings. The smallest absolute Gasteiger partial charge is 0.250 e. The summed E-state index contributed by atoms with van der Waals surface area (Å²) in [6, 6.07) is 4.13. The van der Waals surface area contributed by atoms with Crippen molar-refractivity contribution in [3.8, 4) is 11.5 Å². The molecule has 5 rings (SSSR count). The molecule has 2 aliphatic carbocycles. The lowest BCUT2D eigenvalue weighted by Gasteiger charge is -2.59. The summed E-state index contributed by atoms with van der Waals surface area (Å²) >= 11 is 0. The van der Waals surface area contributed by atoms with Gasteiger partial charge in [-0.15, -0.1) is 0 Å². The lowest BCUT2D eigenvalue weighted by Crippen LogP contribution is -2.76. The minimum atomic E-state index is -2.06. The van der Waals surface area contributed by atoms with E-state index in [-0.39, 0.29) is 16.9 Å². The van der Waals surface area contributed by atoms with Gasteiger partial charge in [0.05, 0.1) is 11.0 Å². The monoisotopic (exact) mass is 401 g/mol. The van der Waals surface area contributed by atoms with Gasteiger partial charge < -0.3 is 19.6 Å². The molecule has 0 amide bonds. The number of ketones is 1. The second-order valence-electron chi connectivity index (χ2n) is 10.6. The molecule has 2 aliphatic heterocycles. The number of nitrogens with one attached hydrogen (secondary N) is 1. The van der Waals surface area contributed by atoms with Crippen molar-refractivity contribution in [1.29, 1.82) is 0 Å². The van der Waals surface area contributed by atoms with E-state index >= 15 is 0 Å². The van der Waals surface area contributed by atoms with Crippen LogP contribution in [0.4, 0.5) is 0 Å². The summed E-state index contributed by atoms with van der Waals surface area (Å²) in [6.07, 6.45) is 1.79. The van der Waals surface area contributed by atoms with E-state index in [4.69, 9.17) is 9.16 Å². The molecule has 0 aromatic heterocycles. The maximum atomic E-state index is 12.9. The molecule has 2 bridgehead atoms. The number of rotatable bonds is 2. The van der Waals surface area contributed by atoms with Gasteiger partial charge >= 0.3 is 0 Å². The van der Waals surface area contributed by atoms with Crippen molar-refractivity contribution in [3.63, 3.8) is 0 Å². The fraction of sp³-hybridized carbons (Fsp3) is 0.682. The first kappa shape index (κ1) is 18.6. The molecule has 1 spiro atoms. The molecule has 152 valence electrons. The fourth-order valence-corrected chi connectivity index (χ4v) is 6.74. The maximum Gasteiger partial charge on any atom is 0.250 e. The Bertz CT molecular complexity index is 876. The zero-order valence-corrected chi connectivity index (χ0v) is 18.5. The number of hydrogen-bond donors (Lipinski definition) is 2. The molecule has 4 aliphatic rings. The van der Waals surface area contributed by atoms with Crippen molar-refractivity contribution >= 4 is 14.1 Å². The summed E-state index contributed by atoms with van der Waals surface area (Å²) in [5.41, 5.74) is 0.685. The topological polar surface area (TPSA) is 67.8 Å². The molecule has 4 atom stereocenters. The number of Topliss-reactive ketones (excluding diaryl/α,β-unsaturated/α-hetero) is 1. The quantitative estimate of drug-likeness (QED) is 0.746. The van der Waals surface area contributed by atoms with Gasteiger partial charge in [0.1, 0.15) is 5.75 Å². The fourth-order valence-electron chi connectivity index (χ4n) is 5.72. The normalized spacial score (nSPS) is 36.0. The summed E-state index contributed by atoms with van der Waals surface area (Å²) < 4.78 is 13.0. The van der Waals surface area contributed by atoms with Crippen molar-refractivity contribution in [3.05, 3.63) is 23.3 Å². The number of aliphatic hydroxyl groups is 1. The van der Waals surface area contributed by atoms with Crippen molar-refractivity contribution in [2.24, 2.45) is 0 Å². The highest BCUT2D eigenvalue weighted by Crippen LogP contribution is 2.64. The van der Waals surface area contributed by atoms with E-state index in [1.165, 1.54) is 5.56 Å². The number of benzene rings is 1. The van der Waals surface area contributed by atoms with Gasteiger partial charge in [0.15, 0.2) is 17.6 Å². The van der Waals surface area contributed by atoms with Crippen LogP contribution in [0.15, 0.2) is 12.1 Å². The van der Waals surface area contributed by atoms with E-state index in [2.05, 4.69) is 45.2 Å². The van der Waals surface area contributed by atoms with Crippen LogP contribution in [-0.4, -0.2) is 43.5 Å². The molecule has 1 unspecified atom stereocenters. The van der Waals surface area contributed by atoms with E-state index < -0.39 is 25.4 Å². The molecule has 2 heterocycles. The van der Waals surface area contributed by atoms with Gasteiger partial charge in [0.2, 0.25) is 0 Å². The Morgan fingerprint density at radius 1 is 1.29 bits per heavy atom. The SMILES string of the molecule is CC(C)(C)[Si](C)(C)Oc1ccc2c3c1OC1C(=O)CC[C@@]4(O)[C@@H](C2)NCC[C@]314. The molecule has 5 nitrogen and oxygen atoms in total. The van der Waals surface area contributed by atoms with E-state index in [9.17, 15) is 9.90 Å². The number of ether oxygens (including phenoxy) is 1. The summed E-state index contributed by atoms with van der Waals surface area (Å²) in [7, 11) is -2.06. The Hall–Kier alpha value is -1.37. The second kappa shape index (κ2) is 5.40. The first-order valence-electron chi connectivity index (χ1n) is 10.5. The third-order valence-electron chi connectivity index (χ3n) is 8.24. The van der Waals surface area contributed by atoms with Crippen LogP contribution in [0.2, 0.25) is 18.1 Å². The standard InChI is InChI=1S/C22H31NO4Si/c1-20(2,3)28(4,5)27-15-7-6-13-12-16-22(25)9-8-14(24)19-21(22,10-11-23-16)17(13)18(15)26-19/h6-7,16,19,23,25H,8-12H2,1-5H3/t16-,19?,21+,22-/m1/s1. The van der Waals surface area contributed by atoms with Crippen molar-refractivity contribution < 1.29 is 19.1 Å². The van der Waals surface area contributed by atoms with Crippen molar-refractivity contribution in [2.45, 2.75) is 87.7 Å². The molecule has 1 saturated heterocycles. The average Bonchev–Trinajstić information content (AvgIpc) is 2.93. The number of carbonyl (C=O) groups is 1. The number of piperidine rings is 1. The van der Waals surface area contributed by atoms with E-state index in [0.717, 1.165) is 36.4 Å². The minimum absolute atomic E-state index is 0.0222. The Kier molecular flexibility index (Phi) is 3.60. The summed E-state index contributed by atoms with van der Waals surface area (Å²) in [4.78, 5) is 12.9. The summed E-state index contributed by atoms with van der Waals surface area (Å²) in [5, 5.41) is 15.4. The van der Waals surface area contributed by atoms with Gasteiger partial charge in [0.25, 0.3) is 8.32 Å². The van der Waals surface area contributed by atoms with Gasteiger partial charge in [-0.1, -0.05) is 26.8 Å². The number of hydrogen-bond acceptors (Lipinski definition) is 5. The maximum absolute atomic E-state index is 12.9. The van der Waals surface area contributed by atoms with Crippen LogP contribution >= 0.6 is 0 Å². The Morgan fingerprint density at radius 2 is 2.04 bits per heavy atom. The summed E-state index contributed by atoms with van der Waals surface area (Å²) in [5.74, 6) is 1.59. The Labute approximate surface area is 167 Å². The number of carbonyl (C=O) groups excluding carboxylic acids is 1. The zero-order valence-electron chi connectivity index (χ0n) is 17.5. The molecule has 2 N–H and O–H groups in total. The van der Waals surface area contributed by atoms with Gasteiger partial charge in [-0.05, 0) is 55.6 Å². The molecular formula is C22H31NO4Si. The van der Waals surface area contributed by atoms with Crippen LogP contribution in [0.25, 0.3) is 0 Å². The third kappa shape index (κ3) is 2.06. The molecule has 0 radical (unpaired) electrons. The largest absolute Gasteiger partial charge is 0.541 e. The Morgan fingerprint density at radius 3 is 2.75 bits per heavy atom. The molecule has 28 heavy (non-hydrogen) atoms. The highest BCUT2D eigenvalue weighted by atomic mass is 28.4. The summed E-state index contributed by atoms with van der Waals surface area (Å²) in [6.45, 7) is 11.9. The Balaban J connectivity index is 1.70.